The number of aromatic nitrogens is 1. The van der Waals surface area contributed by atoms with E-state index in [1.54, 1.807) is 5.38 Å². The van der Waals surface area contributed by atoms with Crippen LogP contribution in [0.4, 0.5) is 0 Å². The minimum Gasteiger partial charge on any atom is -0.349 e. The number of carbonyl (C=O) groups is 1. The lowest BCUT2D eigenvalue weighted by molar-refractivity contribution is 0.0955. The first-order chi connectivity index (χ1) is 8.99. The first kappa shape index (κ1) is 14.4. The maximum Gasteiger partial charge on any atom is 0.280 e. The van der Waals surface area contributed by atoms with Crippen molar-refractivity contribution < 1.29 is 13.2 Å². The van der Waals surface area contributed by atoms with Gasteiger partial charge in [-0.2, -0.15) is 0 Å². The van der Waals surface area contributed by atoms with E-state index in [0.717, 1.165) is 18.5 Å². The van der Waals surface area contributed by atoms with Crippen LogP contribution < -0.4 is 5.32 Å². The summed E-state index contributed by atoms with van der Waals surface area (Å²) in [5.74, 6) is -0.363. The Morgan fingerprint density at radius 1 is 1.47 bits per heavy atom. The van der Waals surface area contributed by atoms with Gasteiger partial charge in [0.15, 0.2) is 5.01 Å². The third kappa shape index (κ3) is 3.74. The molecule has 2 heterocycles. The van der Waals surface area contributed by atoms with Gasteiger partial charge in [-0.1, -0.05) is 0 Å². The predicted octanol–water partition coefficient (Wildman–Crippen LogP) is 0.607. The molecule has 1 aromatic heterocycles. The van der Waals surface area contributed by atoms with Crippen molar-refractivity contribution in [2.45, 2.75) is 19.8 Å². The number of nitrogens with one attached hydrogen (secondary N) is 1. The van der Waals surface area contributed by atoms with E-state index in [0.29, 0.717) is 18.1 Å². The standard InChI is InChI=1S/C11H17N3O3S2/c1-9-8-18-11(13-9)10(15)12-4-7-19(16,17)14-5-2-3-6-14/h8H,2-7H2,1H3,(H,12,15). The van der Waals surface area contributed by atoms with Gasteiger partial charge in [0.25, 0.3) is 5.91 Å². The molecule has 1 aromatic rings. The largest absolute Gasteiger partial charge is 0.349 e. The number of rotatable bonds is 5. The molecule has 2 rings (SSSR count). The smallest absolute Gasteiger partial charge is 0.280 e. The van der Waals surface area contributed by atoms with Gasteiger partial charge in [-0.25, -0.2) is 17.7 Å². The Kier molecular flexibility index (Phi) is 4.54. The molecule has 0 aromatic carbocycles. The number of amides is 1. The average molecular weight is 303 g/mol. The van der Waals surface area contributed by atoms with E-state index in [-0.39, 0.29) is 18.2 Å². The van der Waals surface area contributed by atoms with Gasteiger partial charge in [-0.05, 0) is 19.8 Å². The highest BCUT2D eigenvalue weighted by Crippen LogP contribution is 2.13. The van der Waals surface area contributed by atoms with Gasteiger partial charge in [0, 0.05) is 30.7 Å². The molecule has 1 saturated heterocycles. The third-order valence-corrected chi connectivity index (χ3v) is 5.75. The molecule has 1 aliphatic heterocycles. The molecule has 106 valence electrons. The van der Waals surface area contributed by atoms with Crippen LogP contribution in [-0.2, 0) is 10.0 Å². The summed E-state index contributed by atoms with van der Waals surface area (Å²) in [6.45, 7) is 3.13. The van der Waals surface area contributed by atoms with Gasteiger partial charge in [-0.3, -0.25) is 4.79 Å². The molecule has 6 nitrogen and oxygen atoms in total. The summed E-state index contributed by atoms with van der Waals surface area (Å²) in [5.41, 5.74) is 0.792. The number of nitrogens with zero attached hydrogens (tertiary/aromatic N) is 2. The average Bonchev–Trinajstić information content (AvgIpc) is 2.99. The predicted molar refractivity (Wildman–Crippen MR) is 73.8 cm³/mol. The zero-order valence-corrected chi connectivity index (χ0v) is 12.4. The molecule has 0 unspecified atom stereocenters. The lowest BCUT2D eigenvalue weighted by Gasteiger charge is -2.15. The van der Waals surface area contributed by atoms with Crippen LogP contribution in [0.15, 0.2) is 5.38 Å². The van der Waals surface area contributed by atoms with Gasteiger partial charge in [0.2, 0.25) is 10.0 Å². The lowest BCUT2D eigenvalue weighted by Crippen LogP contribution is -2.36. The number of carbonyl (C=O) groups excluding carboxylic acids is 1. The molecule has 8 heteroatoms. The molecule has 0 spiro atoms. The maximum absolute atomic E-state index is 11.9. The highest BCUT2D eigenvalue weighted by atomic mass is 32.2. The van der Waals surface area contributed by atoms with Crippen molar-refractivity contribution in [3.05, 3.63) is 16.1 Å². The Hall–Kier alpha value is -0.990. The van der Waals surface area contributed by atoms with E-state index in [4.69, 9.17) is 0 Å². The normalized spacial score (nSPS) is 16.7. The summed E-state index contributed by atoms with van der Waals surface area (Å²) in [4.78, 5) is 15.7. The Bertz CT molecular complexity index is 547. The van der Waals surface area contributed by atoms with Crippen molar-refractivity contribution in [3.63, 3.8) is 0 Å². The van der Waals surface area contributed by atoms with Crippen LogP contribution in [0.3, 0.4) is 0 Å². The van der Waals surface area contributed by atoms with Crippen LogP contribution in [-0.4, -0.2) is 49.0 Å². The fraction of sp³-hybridized carbons (Fsp3) is 0.636. The van der Waals surface area contributed by atoms with E-state index < -0.39 is 10.0 Å². The lowest BCUT2D eigenvalue weighted by atomic mass is 10.4. The molecular weight excluding hydrogens is 286 g/mol. The molecule has 0 aliphatic carbocycles. The summed E-state index contributed by atoms with van der Waals surface area (Å²) in [5, 5.41) is 4.75. The SMILES string of the molecule is Cc1csc(C(=O)NCCS(=O)(=O)N2CCCC2)n1. The second kappa shape index (κ2) is 5.98. The second-order valence-corrected chi connectivity index (χ2v) is 7.42. The maximum atomic E-state index is 11.9. The minimum atomic E-state index is -3.23. The van der Waals surface area contributed by atoms with E-state index in [1.165, 1.54) is 15.6 Å². The Morgan fingerprint density at radius 2 is 2.16 bits per heavy atom. The van der Waals surface area contributed by atoms with Gasteiger partial charge in [0.05, 0.1) is 5.75 Å². The quantitative estimate of drug-likeness (QED) is 0.864. The molecule has 0 atom stereocenters. The van der Waals surface area contributed by atoms with Gasteiger partial charge < -0.3 is 5.32 Å². The van der Waals surface area contributed by atoms with E-state index in [1.807, 2.05) is 6.92 Å². The molecule has 1 amide bonds. The first-order valence-electron chi connectivity index (χ1n) is 6.17. The second-order valence-electron chi connectivity index (χ2n) is 4.47. The van der Waals surface area contributed by atoms with Crippen LogP contribution in [0.25, 0.3) is 0 Å². The van der Waals surface area contributed by atoms with Crippen molar-refractivity contribution in [2.75, 3.05) is 25.4 Å². The van der Waals surface area contributed by atoms with Crippen LogP contribution in [0.2, 0.25) is 0 Å². The van der Waals surface area contributed by atoms with Crippen molar-refractivity contribution in [1.82, 2.24) is 14.6 Å². The Labute approximate surface area is 116 Å². The third-order valence-electron chi connectivity index (χ3n) is 2.92. The summed E-state index contributed by atoms with van der Waals surface area (Å²) in [7, 11) is -3.23. The van der Waals surface area contributed by atoms with Crippen molar-refractivity contribution in [2.24, 2.45) is 0 Å². The van der Waals surface area contributed by atoms with E-state index >= 15 is 0 Å². The Morgan fingerprint density at radius 3 is 2.74 bits per heavy atom. The molecule has 19 heavy (non-hydrogen) atoms. The van der Waals surface area contributed by atoms with Crippen molar-refractivity contribution in [1.29, 1.82) is 0 Å². The van der Waals surface area contributed by atoms with Crippen LogP contribution in [0.1, 0.15) is 28.3 Å². The number of thiazole rings is 1. The summed E-state index contributed by atoms with van der Waals surface area (Å²) in [6.07, 6.45) is 1.84. The van der Waals surface area contributed by atoms with Crippen LogP contribution >= 0.6 is 11.3 Å². The van der Waals surface area contributed by atoms with Gasteiger partial charge in [-0.15, -0.1) is 11.3 Å². The molecule has 0 radical (unpaired) electrons. The Balaban J connectivity index is 1.81. The molecule has 0 bridgehead atoms. The topological polar surface area (TPSA) is 79.4 Å². The number of aryl methyl sites for hydroxylation is 1. The van der Waals surface area contributed by atoms with Gasteiger partial charge >= 0.3 is 0 Å². The van der Waals surface area contributed by atoms with Crippen molar-refractivity contribution in [3.8, 4) is 0 Å². The summed E-state index contributed by atoms with van der Waals surface area (Å²) in [6, 6.07) is 0. The van der Waals surface area contributed by atoms with Crippen LogP contribution in [0.5, 0.6) is 0 Å². The summed E-state index contributed by atoms with van der Waals surface area (Å²) >= 11 is 1.26. The van der Waals surface area contributed by atoms with Gasteiger partial charge in [0.1, 0.15) is 0 Å². The number of sulfonamides is 1. The van der Waals surface area contributed by atoms with Crippen LogP contribution in [0, 0.1) is 6.92 Å². The summed E-state index contributed by atoms with van der Waals surface area (Å²) < 4.78 is 25.3. The molecule has 1 N–H and O–H groups in total. The fourth-order valence-electron chi connectivity index (χ4n) is 1.92. The highest BCUT2D eigenvalue weighted by molar-refractivity contribution is 7.89. The fourth-order valence-corrected chi connectivity index (χ4v) is 4.07. The zero-order chi connectivity index (χ0) is 13.9. The monoisotopic (exact) mass is 303 g/mol. The number of hydrogen-bond donors (Lipinski definition) is 1. The molecule has 0 saturated carbocycles. The minimum absolute atomic E-state index is 0.0525. The van der Waals surface area contributed by atoms with E-state index in [9.17, 15) is 13.2 Å². The van der Waals surface area contributed by atoms with E-state index in [2.05, 4.69) is 10.3 Å². The molecular formula is C11H17N3O3S2. The first-order valence-corrected chi connectivity index (χ1v) is 8.66. The number of hydrogen-bond acceptors (Lipinski definition) is 5. The highest BCUT2D eigenvalue weighted by Gasteiger charge is 2.25. The molecule has 1 fully saturated rings. The molecule has 1 aliphatic rings. The zero-order valence-electron chi connectivity index (χ0n) is 10.8. The van der Waals surface area contributed by atoms with Crippen molar-refractivity contribution >= 4 is 27.3 Å².